The molecule has 0 aromatic heterocycles. The van der Waals surface area contributed by atoms with E-state index in [1.54, 1.807) is 11.8 Å². The van der Waals surface area contributed by atoms with Gasteiger partial charge in [0.25, 0.3) is 0 Å². The third-order valence-corrected chi connectivity index (χ3v) is 4.67. The average molecular weight is 330 g/mol. The van der Waals surface area contributed by atoms with E-state index in [1.165, 1.54) is 12.8 Å². The van der Waals surface area contributed by atoms with Gasteiger partial charge in [-0.3, -0.25) is 9.59 Å². The van der Waals surface area contributed by atoms with E-state index in [1.807, 2.05) is 18.2 Å². The number of nitrogens with zero attached hydrogens (tertiary/aromatic N) is 1. The van der Waals surface area contributed by atoms with Crippen LogP contribution in [0.3, 0.4) is 0 Å². The molecular formula is C20H30N2O2. The lowest BCUT2D eigenvalue weighted by molar-refractivity contribution is -0.121. The van der Waals surface area contributed by atoms with Crippen LogP contribution in [0.1, 0.15) is 65.4 Å². The first-order chi connectivity index (χ1) is 11.3. The van der Waals surface area contributed by atoms with Crippen molar-refractivity contribution in [1.82, 2.24) is 5.32 Å². The summed E-state index contributed by atoms with van der Waals surface area (Å²) in [5.41, 5.74) is 1.97. The minimum atomic E-state index is -0.0591. The van der Waals surface area contributed by atoms with Crippen LogP contribution in [0.25, 0.3) is 0 Å². The van der Waals surface area contributed by atoms with Crippen molar-refractivity contribution in [2.45, 2.75) is 71.3 Å². The van der Waals surface area contributed by atoms with Gasteiger partial charge in [-0.15, -0.1) is 0 Å². The Morgan fingerprint density at radius 2 is 1.79 bits per heavy atom. The van der Waals surface area contributed by atoms with Gasteiger partial charge < -0.3 is 10.2 Å². The molecule has 1 saturated carbocycles. The van der Waals surface area contributed by atoms with Crippen molar-refractivity contribution in [3.05, 3.63) is 29.8 Å². The number of benzene rings is 1. The molecular weight excluding hydrogens is 300 g/mol. The Morgan fingerprint density at radius 1 is 1.17 bits per heavy atom. The maximum absolute atomic E-state index is 12.2. The molecule has 0 spiro atoms. The van der Waals surface area contributed by atoms with Gasteiger partial charge in [-0.05, 0) is 29.9 Å². The molecule has 132 valence electrons. The molecule has 1 fully saturated rings. The highest BCUT2D eigenvalue weighted by Gasteiger charge is 2.24. The molecule has 1 N–H and O–H groups in total. The first-order valence-corrected chi connectivity index (χ1v) is 8.96. The molecule has 4 heteroatoms. The Balaban J connectivity index is 2.07. The van der Waals surface area contributed by atoms with E-state index in [2.05, 4.69) is 32.2 Å². The van der Waals surface area contributed by atoms with Crippen LogP contribution in [-0.4, -0.2) is 24.4 Å². The minimum Gasteiger partial charge on any atom is -0.353 e. The Hall–Kier alpha value is -1.84. The number of rotatable bonds is 5. The summed E-state index contributed by atoms with van der Waals surface area (Å²) in [7, 11) is 0. The summed E-state index contributed by atoms with van der Waals surface area (Å²) in [5, 5.41) is 3.09. The summed E-state index contributed by atoms with van der Waals surface area (Å²) < 4.78 is 0. The molecule has 1 aliphatic carbocycles. The maximum atomic E-state index is 12.2. The molecule has 0 bridgehead atoms. The van der Waals surface area contributed by atoms with Crippen molar-refractivity contribution in [3.63, 3.8) is 0 Å². The molecule has 0 radical (unpaired) electrons. The third kappa shape index (κ3) is 4.83. The van der Waals surface area contributed by atoms with E-state index < -0.39 is 0 Å². The van der Waals surface area contributed by atoms with E-state index in [4.69, 9.17) is 0 Å². The van der Waals surface area contributed by atoms with Crippen LogP contribution in [0.2, 0.25) is 0 Å². The Kier molecular flexibility index (Phi) is 6.03. The van der Waals surface area contributed by atoms with Crippen LogP contribution in [0, 0.1) is 0 Å². The monoisotopic (exact) mass is 330 g/mol. The summed E-state index contributed by atoms with van der Waals surface area (Å²) >= 11 is 0. The molecule has 2 rings (SSSR count). The molecule has 0 heterocycles. The third-order valence-electron chi connectivity index (χ3n) is 4.67. The summed E-state index contributed by atoms with van der Waals surface area (Å²) in [6, 6.07) is 8.29. The Labute approximate surface area is 145 Å². The summed E-state index contributed by atoms with van der Waals surface area (Å²) in [6.07, 6.45) is 4.89. The standard InChI is InChI=1S/C20H30N2O2/c1-15(23)22(14-13-19(24)21-16-9-5-6-10-16)18-12-8-7-11-17(18)20(2,3)4/h7-8,11-12,16H,5-6,9-10,13-14H2,1-4H3,(H,21,24). The van der Waals surface area contributed by atoms with Crippen molar-refractivity contribution in [3.8, 4) is 0 Å². The highest BCUT2D eigenvalue weighted by Crippen LogP contribution is 2.32. The Bertz CT molecular complexity index is 584. The van der Waals surface area contributed by atoms with Crippen molar-refractivity contribution >= 4 is 17.5 Å². The van der Waals surface area contributed by atoms with Crippen LogP contribution in [0.15, 0.2) is 24.3 Å². The van der Waals surface area contributed by atoms with E-state index in [-0.39, 0.29) is 17.2 Å². The van der Waals surface area contributed by atoms with Gasteiger partial charge in [0.05, 0.1) is 0 Å². The molecule has 0 atom stereocenters. The highest BCUT2D eigenvalue weighted by molar-refractivity contribution is 5.93. The van der Waals surface area contributed by atoms with Gasteiger partial charge in [-0.2, -0.15) is 0 Å². The quantitative estimate of drug-likeness (QED) is 0.893. The number of amides is 2. The van der Waals surface area contributed by atoms with Gasteiger partial charge in [-0.25, -0.2) is 0 Å². The number of hydrogen-bond acceptors (Lipinski definition) is 2. The number of nitrogens with one attached hydrogen (secondary N) is 1. The SMILES string of the molecule is CC(=O)N(CCC(=O)NC1CCCC1)c1ccccc1C(C)(C)C. The second-order valence-electron chi connectivity index (χ2n) is 7.74. The normalized spacial score (nSPS) is 15.3. The van der Waals surface area contributed by atoms with Crippen LogP contribution >= 0.6 is 0 Å². The zero-order valence-electron chi connectivity index (χ0n) is 15.4. The fourth-order valence-electron chi connectivity index (χ4n) is 3.37. The largest absolute Gasteiger partial charge is 0.353 e. The number of carbonyl (C=O) groups excluding carboxylic acids is 2. The van der Waals surface area contributed by atoms with E-state index >= 15 is 0 Å². The molecule has 0 saturated heterocycles. The van der Waals surface area contributed by atoms with Gasteiger partial charge in [0.2, 0.25) is 11.8 Å². The van der Waals surface area contributed by atoms with Crippen molar-refractivity contribution in [1.29, 1.82) is 0 Å². The second kappa shape index (κ2) is 7.82. The van der Waals surface area contributed by atoms with Gasteiger partial charge >= 0.3 is 0 Å². The first kappa shape index (κ1) is 18.5. The van der Waals surface area contributed by atoms with Crippen molar-refractivity contribution in [2.75, 3.05) is 11.4 Å². The van der Waals surface area contributed by atoms with Crippen LogP contribution in [-0.2, 0) is 15.0 Å². The average Bonchev–Trinajstić information content (AvgIpc) is 2.99. The summed E-state index contributed by atoms with van der Waals surface area (Å²) in [5.74, 6) is 0.0155. The van der Waals surface area contributed by atoms with Gasteiger partial charge in [0.15, 0.2) is 0 Å². The van der Waals surface area contributed by atoms with Gasteiger partial charge in [-0.1, -0.05) is 51.8 Å². The predicted molar refractivity (Wildman–Crippen MR) is 98.2 cm³/mol. The molecule has 4 nitrogen and oxygen atoms in total. The Morgan fingerprint density at radius 3 is 2.38 bits per heavy atom. The van der Waals surface area contributed by atoms with E-state index in [0.29, 0.717) is 19.0 Å². The molecule has 1 aromatic rings. The van der Waals surface area contributed by atoms with Crippen LogP contribution < -0.4 is 10.2 Å². The molecule has 2 amide bonds. The summed E-state index contributed by atoms with van der Waals surface area (Å²) in [6.45, 7) is 8.39. The van der Waals surface area contributed by atoms with Crippen LogP contribution in [0.4, 0.5) is 5.69 Å². The fraction of sp³-hybridized carbons (Fsp3) is 0.600. The fourth-order valence-corrected chi connectivity index (χ4v) is 3.37. The van der Waals surface area contributed by atoms with Gasteiger partial charge in [0, 0.05) is 31.6 Å². The minimum absolute atomic E-state index is 0.0274. The molecule has 24 heavy (non-hydrogen) atoms. The number of carbonyl (C=O) groups is 2. The van der Waals surface area contributed by atoms with Crippen LogP contribution in [0.5, 0.6) is 0 Å². The maximum Gasteiger partial charge on any atom is 0.223 e. The molecule has 0 aliphatic heterocycles. The highest BCUT2D eigenvalue weighted by atomic mass is 16.2. The molecule has 0 unspecified atom stereocenters. The van der Waals surface area contributed by atoms with Gasteiger partial charge in [0.1, 0.15) is 0 Å². The smallest absolute Gasteiger partial charge is 0.223 e. The zero-order valence-corrected chi connectivity index (χ0v) is 15.4. The second-order valence-corrected chi connectivity index (χ2v) is 7.74. The number of para-hydroxylation sites is 1. The first-order valence-electron chi connectivity index (χ1n) is 8.96. The van der Waals surface area contributed by atoms with E-state index in [0.717, 1.165) is 24.1 Å². The lowest BCUT2D eigenvalue weighted by Crippen LogP contribution is -2.38. The van der Waals surface area contributed by atoms with Crippen molar-refractivity contribution in [2.24, 2.45) is 0 Å². The summed E-state index contributed by atoms with van der Waals surface area (Å²) in [4.78, 5) is 26.1. The van der Waals surface area contributed by atoms with E-state index in [9.17, 15) is 9.59 Å². The predicted octanol–water partition coefficient (Wildman–Crippen LogP) is 3.79. The molecule has 1 aliphatic rings. The lowest BCUT2D eigenvalue weighted by Gasteiger charge is -2.29. The lowest BCUT2D eigenvalue weighted by atomic mass is 9.85. The topological polar surface area (TPSA) is 49.4 Å². The molecule has 1 aromatic carbocycles. The zero-order chi connectivity index (χ0) is 17.7. The van der Waals surface area contributed by atoms with Crippen molar-refractivity contribution < 1.29 is 9.59 Å². The number of hydrogen-bond donors (Lipinski definition) is 1. The number of anilines is 1.